The third-order valence-electron chi connectivity index (χ3n) is 2.67. The highest BCUT2D eigenvalue weighted by atomic mass is 33.1. The Morgan fingerprint density at radius 3 is 2.42 bits per heavy atom. The first-order valence-electron chi connectivity index (χ1n) is 6.60. The van der Waals surface area contributed by atoms with E-state index in [1.807, 2.05) is 19.1 Å². The van der Waals surface area contributed by atoms with Gasteiger partial charge < -0.3 is 4.74 Å². The lowest BCUT2D eigenvalue weighted by molar-refractivity contribution is 0.146. The maximum Gasteiger partial charge on any atom is 0.230 e. The molecule has 0 amide bonds. The number of unbranched alkanes of at least 4 members (excludes halogenated alkanes) is 2. The zero-order valence-corrected chi connectivity index (χ0v) is 13.2. The predicted octanol–water partition coefficient (Wildman–Crippen LogP) is 3.62. The zero-order valence-electron chi connectivity index (χ0n) is 11.6. The van der Waals surface area contributed by atoms with Crippen LogP contribution in [-0.2, 0) is 13.6 Å². The van der Waals surface area contributed by atoms with Crippen molar-refractivity contribution in [3.63, 3.8) is 0 Å². The monoisotopic (exact) mass is 302 g/mol. The maximum absolute atomic E-state index is 12.0. The minimum Gasteiger partial charge on any atom is -0.381 e. The number of benzene rings is 1. The van der Waals surface area contributed by atoms with E-state index in [4.69, 9.17) is 4.74 Å². The smallest absolute Gasteiger partial charge is 0.230 e. The summed E-state index contributed by atoms with van der Waals surface area (Å²) in [6.45, 7) is 5.29. The van der Waals surface area contributed by atoms with Gasteiger partial charge in [0.25, 0.3) is 0 Å². The standard InChI is InChI=1S/C14H22O3S2/c1-3-4-5-10-17-11-12-18-19(15,16)14-8-6-13(2)7-9-14/h6-9H,3-5,10-12H2,1-2H3. The van der Waals surface area contributed by atoms with E-state index in [0.29, 0.717) is 17.3 Å². The third kappa shape index (κ3) is 6.45. The molecule has 0 bridgehead atoms. The van der Waals surface area contributed by atoms with Crippen molar-refractivity contribution in [3.05, 3.63) is 29.8 Å². The van der Waals surface area contributed by atoms with Crippen molar-refractivity contribution in [2.45, 2.75) is 38.0 Å². The molecule has 1 aromatic carbocycles. The van der Waals surface area contributed by atoms with Crippen molar-refractivity contribution < 1.29 is 13.2 Å². The number of aryl methyl sites for hydroxylation is 1. The van der Waals surface area contributed by atoms with Gasteiger partial charge in [-0.25, -0.2) is 8.42 Å². The summed E-state index contributed by atoms with van der Waals surface area (Å²) in [7, 11) is -2.29. The molecule has 0 aromatic heterocycles. The van der Waals surface area contributed by atoms with Gasteiger partial charge in [-0.1, -0.05) is 37.5 Å². The molecule has 0 saturated carbocycles. The first-order valence-corrected chi connectivity index (χ1v) is 9.58. The van der Waals surface area contributed by atoms with Crippen molar-refractivity contribution in [2.75, 3.05) is 19.0 Å². The summed E-state index contributed by atoms with van der Waals surface area (Å²) in [5.41, 5.74) is 1.06. The summed E-state index contributed by atoms with van der Waals surface area (Å²) >= 11 is 0. The van der Waals surface area contributed by atoms with Gasteiger partial charge in [0.1, 0.15) is 0 Å². The molecule has 0 saturated heterocycles. The predicted molar refractivity (Wildman–Crippen MR) is 81.2 cm³/mol. The van der Waals surface area contributed by atoms with Gasteiger partial charge in [-0.2, -0.15) is 0 Å². The summed E-state index contributed by atoms with van der Waals surface area (Å²) in [6, 6.07) is 6.93. The van der Waals surface area contributed by atoms with Gasteiger partial charge in [0.05, 0.1) is 11.5 Å². The van der Waals surface area contributed by atoms with Crippen LogP contribution < -0.4 is 0 Å². The van der Waals surface area contributed by atoms with E-state index in [9.17, 15) is 8.42 Å². The van der Waals surface area contributed by atoms with Crippen LogP contribution in [0.4, 0.5) is 0 Å². The third-order valence-corrected chi connectivity index (χ3v) is 6.17. The molecule has 1 aromatic rings. The van der Waals surface area contributed by atoms with E-state index in [0.717, 1.165) is 35.8 Å². The molecule has 3 nitrogen and oxygen atoms in total. The van der Waals surface area contributed by atoms with Crippen LogP contribution in [0.15, 0.2) is 29.2 Å². The number of ether oxygens (including phenoxy) is 1. The summed E-state index contributed by atoms with van der Waals surface area (Å²) in [4.78, 5) is 0.370. The van der Waals surface area contributed by atoms with Gasteiger partial charge in [0.15, 0.2) is 0 Å². The van der Waals surface area contributed by atoms with Crippen LogP contribution in [0.5, 0.6) is 0 Å². The molecule has 19 heavy (non-hydrogen) atoms. The molecule has 0 radical (unpaired) electrons. The Labute approximate surface area is 120 Å². The second-order valence-electron chi connectivity index (χ2n) is 4.41. The van der Waals surface area contributed by atoms with Gasteiger partial charge >= 0.3 is 0 Å². The summed E-state index contributed by atoms with van der Waals surface area (Å²) in [5, 5.41) is 0. The fourth-order valence-corrected chi connectivity index (χ4v) is 4.15. The Balaban J connectivity index is 2.29. The van der Waals surface area contributed by atoms with Gasteiger partial charge in [-0.3, -0.25) is 0 Å². The van der Waals surface area contributed by atoms with Crippen LogP contribution in [0.2, 0.25) is 0 Å². The first-order chi connectivity index (χ1) is 9.06. The maximum atomic E-state index is 12.0. The molecule has 0 fully saturated rings. The largest absolute Gasteiger partial charge is 0.381 e. The van der Waals surface area contributed by atoms with Crippen molar-refractivity contribution in [1.82, 2.24) is 0 Å². The molecule has 108 valence electrons. The number of hydrogen-bond donors (Lipinski definition) is 0. The highest BCUT2D eigenvalue weighted by molar-refractivity contribution is 8.72. The van der Waals surface area contributed by atoms with Crippen LogP contribution in [0.3, 0.4) is 0 Å². The SMILES string of the molecule is CCCCCOCCSS(=O)(=O)c1ccc(C)cc1. The van der Waals surface area contributed by atoms with Gasteiger partial charge in [0.2, 0.25) is 8.87 Å². The lowest BCUT2D eigenvalue weighted by Crippen LogP contribution is -2.03. The highest BCUT2D eigenvalue weighted by Crippen LogP contribution is 2.23. The van der Waals surface area contributed by atoms with Crippen molar-refractivity contribution >= 4 is 19.7 Å². The average molecular weight is 302 g/mol. The van der Waals surface area contributed by atoms with E-state index in [1.54, 1.807) is 12.1 Å². The summed E-state index contributed by atoms with van der Waals surface area (Å²) in [5.74, 6) is 0.475. The Hall–Kier alpha value is -0.520. The summed E-state index contributed by atoms with van der Waals surface area (Å²) < 4.78 is 29.4. The second-order valence-corrected chi connectivity index (χ2v) is 8.46. The van der Waals surface area contributed by atoms with Crippen molar-refractivity contribution in [3.8, 4) is 0 Å². The zero-order chi connectivity index (χ0) is 14.1. The summed E-state index contributed by atoms with van der Waals surface area (Å²) in [6.07, 6.45) is 3.38. The molecule has 0 atom stereocenters. The topological polar surface area (TPSA) is 43.4 Å². The van der Waals surface area contributed by atoms with Gasteiger partial charge in [0, 0.05) is 12.4 Å². The Bertz CT molecular complexity index is 452. The van der Waals surface area contributed by atoms with E-state index in [-0.39, 0.29) is 0 Å². The first kappa shape index (κ1) is 16.5. The molecule has 0 N–H and O–H groups in total. The fourth-order valence-electron chi connectivity index (χ4n) is 1.53. The lowest BCUT2D eigenvalue weighted by Gasteiger charge is -2.05. The van der Waals surface area contributed by atoms with Crippen LogP contribution in [-0.4, -0.2) is 27.4 Å². The molecule has 0 heterocycles. The van der Waals surface area contributed by atoms with E-state index in [2.05, 4.69) is 6.92 Å². The van der Waals surface area contributed by atoms with Crippen LogP contribution >= 0.6 is 10.8 Å². The van der Waals surface area contributed by atoms with Gasteiger partial charge in [-0.05, 0) is 36.3 Å². The number of hydrogen-bond acceptors (Lipinski definition) is 4. The molecule has 0 aliphatic carbocycles. The van der Waals surface area contributed by atoms with Crippen molar-refractivity contribution in [2.24, 2.45) is 0 Å². The Kier molecular flexibility index (Phi) is 7.49. The average Bonchev–Trinajstić information content (AvgIpc) is 2.38. The fraction of sp³-hybridized carbons (Fsp3) is 0.571. The number of rotatable bonds is 9. The van der Waals surface area contributed by atoms with Crippen LogP contribution in [0, 0.1) is 6.92 Å². The molecule has 0 aliphatic rings. The minimum atomic E-state index is -3.24. The molecule has 0 spiro atoms. The molecular formula is C14H22O3S2. The molecule has 5 heteroatoms. The van der Waals surface area contributed by atoms with Crippen LogP contribution in [0.1, 0.15) is 31.7 Å². The van der Waals surface area contributed by atoms with E-state index >= 15 is 0 Å². The lowest BCUT2D eigenvalue weighted by atomic mass is 10.2. The molecule has 0 unspecified atom stereocenters. The Morgan fingerprint density at radius 2 is 1.79 bits per heavy atom. The highest BCUT2D eigenvalue weighted by Gasteiger charge is 2.14. The Morgan fingerprint density at radius 1 is 1.11 bits per heavy atom. The second kappa shape index (κ2) is 8.61. The minimum absolute atomic E-state index is 0.370. The van der Waals surface area contributed by atoms with E-state index < -0.39 is 8.87 Å². The van der Waals surface area contributed by atoms with Crippen molar-refractivity contribution in [1.29, 1.82) is 0 Å². The normalized spacial score (nSPS) is 11.7. The molecule has 0 aliphatic heterocycles. The quantitative estimate of drug-likeness (QED) is 0.516. The molecular weight excluding hydrogens is 280 g/mol. The van der Waals surface area contributed by atoms with Crippen LogP contribution in [0.25, 0.3) is 0 Å². The van der Waals surface area contributed by atoms with Gasteiger partial charge in [-0.15, -0.1) is 0 Å². The molecule has 1 rings (SSSR count). The van der Waals surface area contributed by atoms with E-state index in [1.165, 1.54) is 6.42 Å².